The molecule has 18 heteroatoms. The predicted octanol–water partition coefficient (Wildman–Crippen LogP) is 18.4. The van der Waals surface area contributed by atoms with Gasteiger partial charge in [-0.3, -0.25) is 19.2 Å². The number of aromatic hydroxyl groups is 3. The zero-order valence-corrected chi connectivity index (χ0v) is 59.7. The number of primary amides is 4. The quantitative estimate of drug-likeness (QED) is 0.0359. The Hall–Kier alpha value is -12.3. The Morgan fingerprint density at radius 3 is 1.00 bits per heavy atom. The van der Waals surface area contributed by atoms with Crippen LogP contribution in [0.25, 0.3) is 89.0 Å². The molecule has 0 fully saturated rings. The molecule has 0 aliphatic carbocycles. The molecule has 4 amide bonds. The minimum Gasteiger partial charge on any atom is -0.508 e. The number of halogens is 3. The van der Waals surface area contributed by atoms with Gasteiger partial charge in [0.1, 0.15) is 28.9 Å². The second-order valence-electron chi connectivity index (χ2n) is 24.9. The first kappa shape index (κ1) is 78.4. The van der Waals surface area contributed by atoms with E-state index >= 15 is 0 Å². The Bertz CT molecular complexity index is 5130. The first-order valence-corrected chi connectivity index (χ1v) is 35.0. The van der Waals surface area contributed by atoms with E-state index < -0.39 is 10.5 Å². The molecule has 105 heavy (non-hydrogen) atoms. The molecule has 0 saturated heterocycles. The van der Waals surface area contributed by atoms with E-state index in [-0.39, 0.29) is 71.8 Å². The monoisotopic (exact) mass is 1440 g/mol. The number of carbonyl (C=O) groups excluding carboxylic acids is 4. The van der Waals surface area contributed by atoms with E-state index in [1.54, 1.807) is 60.7 Å². The fourth-order valence-electron chi connectivity index (χ4n) is 12.0. The first-order chi connectivity index (χ1) is 50.3. The van der Waals surface area contributed by atoms with Crippen LogP contribution in [0.15, 0.2) is 261 Å². The van der Waals surface area contributed by atoms with Crippen molar-refractivity contribution in [3.63, 3.8) is 0 Å². The molecular weight excluding hydrogens is 1360 g/mol. The highest BCUT2D eigenvalue weighted by Crippen LogP contribution is 2.38. The molecule has 0 radical (unpaired) electrons. The second-order valence-corrected chi connectivity index (χ2v) is 25.8. The van der Waals surface area contributed by atoms with Crippen molar-refractivity contribution in [2.75, 3.05) is 0 Å². The number of rotatable bonds is 20. The molecular formula is C87H80ClF2N5O9S. The average molecular weight is 1450 g/mol. The molecule has 0 aliphatic rings. The van der Waals surface area contributed by atoms with E-state index in [0.29, 0.717) is 37.1 Å². The number of aryl methyl sites for hydroxylation is 7. The molecule has 534 valence electrons. The highest BCUT2D eigenvalue weighted by molar-refractivity contribution is 7.60. The summed E-state index contributed by atoms with van der Waals surface area (Å²) in [6.07, 6.45) is 3.24. The van der Waals surface area contributed by atoms with Crippen LogP contribution in [-0.4, -0.2) is 47.4 Å². The SMILES string of the molecule is Cc1cc(-c2ccc(-c3ccccc3)cc2CCC(N)=O)cc(O)c1Cl.Cc1cc(C)cc(-c2ccc(-c3ccccc3)cc2CCC(N)=O)c1.N=S(=O)=O.NC(=O)CCc1cc(-c2ccc(F)cc2)ccc1-c1cccc(O)c1.NC(=O)CCc1cc(-c2cccc(F)c2)ccc1-c1cccc(O)c1. The maximum absolute atomic E-state index is 13.5. The Kier molecular flexibility index (Phi) is 28.5. The van der Waals surface area contributed by atoms with Gasteiger partial charge in [-0.2, -0.15) is 13.2 Å². The van der Waals surface area contributed by atoms with Gasteiger partial charge in [-0.1, -0.05) is 223 Å². The van der Waals surface area contributed by atoms with Crippen molar-refractivity contribution in [3.8, 4) is 106 Å². The zero-order valence-electron chi connectivity index (χ0n) is 58.1. The van der Waals surface area contributed by atoms with E-state index in [4.69, 9.17) is 47.7 Å². The third-order valence-corrected chi connectivity index (χ3v) is 17.4. The summed E-state index contributed by atoms with van der Waals surface area (Å²) in [6.45, 7) is 6.07. The van der Waals surface area contributed by atoms with Crippen molar-refractivity contribution in [3.05, 3.63) is 316 Å². The van der Waals surface area contributed by atoms with Crippen molar-refractivity contribution < 1.29 is 51.7 Å². The summed E-state index contributed by atoms with van der Waals surface area (Å²) < 4.78 is 49.5. The van der Waals surface area contributed by atoms with E-state index in [1.165, 1.54) is 52.1 Å². The number of phenolic OH excluding ortho intramolecular Hbond substituents is 3. The Morgan fingerprint density at radius 2 is 0.648 bits per heavy atom. The Labute approximate surface area is 616 Å². The topological polar surface area (TPSA) is 291 Å². The van der Waals surface area contributed by atoms with Gasteiger partial charge >= 0.3 is 10.5 Å². The fourth-order valence-corrected chi connectivity index (χ4v) is 12.1. The largest absolute Gasteiger partial charge is 0.508 e. The molecule has 12 aromatic rings. The minimum absolute atomic E-state index is 0.0506. The van der Waals surface area contributed by atoms with Gasteiger partial charge in [0.25, 0.3) is 0 Å². The molecule has 0 atom stereocenters. The van der Waals surface area contributed by atoms with Gasteiger partial charge < -0.3 is 38.3 Å². The van der Waals surface area contributed by atoms with Gasteiger partial charge in [0, 0.05) is 25.7 Å². The molecule has 12 N–H and O–H groups in total. The van der Waals surface area contributed by atoms with Gasteiger partial charge in [-0.15, -0.1) is 0 Å². The van der Waals surface area contributed by atoms with Crippen LogP contribution in [0.3, 0.4) is 0 Å². The van der Waals surface area contributed by atoms with Crippen LogP contribution < -0.4 is 22.9 Å². The third kappa shape index (κ3) is 23.9. The summed E-state index contributed by atoms with van der Waals surface area (Å²) in [6, 6.07) is 81.3. The summed E-state index contributed by atoms with van der Waals surface area (Å²) in [5.74, 6) is -1.52. The average Bonchev–Trinajstić information content (AvgIpc) is 0.830. The van der Waals surface area contributed by atoms with Crippen LogP contribution in [0.2, 0.25) is 5.02 Å². The molecule has 12 rings (SSSR count). The minimum atomic E-state index is -2.61. The zero-order chi connectivity index (χ0) is 75.7. The highest BCUT2D eigenvalue weighted by atomic mass is 35.5. The van der Waals surface area contributed by atoms with Crippen molar-refractivity contribution in [1.29, 1.82) is 4.78 Å². The Balaban J connectivity index is 0.000000174. The highest BCUT2D eigenvalue weighted by Gasteiger charge is 2.17. The molecule has 0 aliphatic heterocycles. The van der Waals surface area contributed by atoms with E-state index in [0.717, 1.165) is 100 Å². The van der Waals surface area contributed by atoms with Gasteiger partial charge in [0.15, 0.2) is 0 Å². The van der Waals surface area contributed by atoms with Crippen LogP contribution in [0.4, 0.5) is 8.78 Å². The molecule has 0 unspecified atom stereocenters. The van der Waals surface area contributed by atoms with Crippen LogP contribution in [-0.2, 0) is 55.4 Å². The summed E-state index contributed by atoms with van der Waals surface area (Å²) >= 11 is 6.07. The van der Waals surface area contributed by atoms with Crippen molar-refractivity contribution in [1.82, 2.24) is 0 Å². The third-order valence-electron chi connectivity index (χ3n) is 16.9. The van der Waals surface area contributed by atoms with Crippen LogP contribution in [0.5, 0.6) is 17.2 Å². The number of carbonyl (C=O) groups is 4. The van der Waals surface area contributed by atoms with Crippen molar-refractivity contribution >= 4 is 45.7 Å². The number of hydrogen-bond donors (Lipinski definition) is 8. The van der Waals surface area contributed by atoms with Gasteiger partial charge in [0.05, 0.1) is 5.02 Å². The number of hydrogen-bond acceptors (Lipinski definition) is 10. The molecule has 0 bridgehead atoms. The summed E-state index contributed by atoms with van der Waals surface area (Å²) in [4.78, 5) is 45.0. The van der Waals surface area contributed by atoms with E-state index in [9.17, 15) is 43.3 Å². The number of benzene rings is 12. The molecule has 14 nitrogen and oxygen atoms in total. The summed E-state index contributed by atoms with van der Waals surface area (Å²) in [5, 5.41) is 29.9. The molecule has 0 heterocycles. The standard InChI is InChI=1S/C23H23NO.C22H20ClNO2.2C21H18FNO2.HNO2S/c1-16-12-17(2)14-21(13-16)22-10-8-19(18-6-4-3-5-7-18)15-20(22)9-11-23(24)25;1-14-11-18(13-20(25)22(14)23)19-9-7-16(15-5-3-2-4-6-15)12-17(19)8-10-21(24)26;22-18-5-1-3-14(12-18)15-7-9-20(16-4-2-6-19(24)13-16)17(11-15)8-10-21(23)25;22-18-8-4-14(5-9-18)15-6-10-20(16-2-1-3-19(24)13-16)17(12-15)7-11-21(23)25;1-4(2)3/h3-8,10,12-15H,9,11H2,1-2H3,(H2,24,25);2-7,9,11-13,25H,8,10H2,1H3,(H2,24,26);1-7,9,11-13,24H,8,10H2,(H2,23,25);1-6,8-10,12-13,24H,7,11H2,(H2,23,25);1H. The normalized spacial score (nSPS) is 10.5. The van der Waals surface area contributed by atoms with Crippen LogP contribution in [0, 0.1) is 37.2 Å². The van der Waals surface area contributed by atoms with Gasteiger partial charge in [-0.25, -0.2) is 8.78 Å². The summed E-state index contributed by atoms with van der Waals surface area (Å²) in [7, 11) is -2.61. The smallest absolute Gasteiger partial charge is 0.308 e. The number of phenols is 3. The predicted molar refractivity (Wildman–Crippen MR) is 415 cm³/mol. The van der Waals surface area contributed by atoms with Crippen molar-refractivity contribution in [2.24, 2.45) is 22.9 Å². The van der Waals surface area contributed by atoms with E-state index in [1.807, 2.05) is 128 Å². The lowest BCUT2D eigenvalue weighted by Gasteiger charge is -2.14. The number of nitrogens with two attached hydrogens (primary N) is 4. The molecule has 0 saturated carbocycles. The molecule has 0 aromatic heterocycles. The van der Waals surface area contributed by atoms with Crippen LogP contribution in [0.1, 0.15) is 64.6 Å². The lowest BCUT2D eigenvalue weighted by Crippen LogP contribution is -2.11. The fraction of sp³-hybridized carbons (Fsp3) is 0.126. The maximum Gasteiger partial charge on any atom is 0.308 e. The van der Waals surface area contributed by atoms with Gasteiger partial charge in [0.2, 0.25) is 23.6 Å². The van der Waals surface area contributed by atoms with Crippen LogP contribution >= 0.6 is 11.6 Å². The van der Waals surface area contributed by atoms with E-state index in [2.05, 4.69) is 68.4 Å². The van der Waals surface area contributed by atoms with Crippen molar-refractivity contribution in [2.45, 2.75) is 72.1 Å². The van der Waals surface area contributed by atoms with Gasteiger partial charge in [-0.05, 0) is 224 Å². The molecule has 12 aromatic carbocycles. The first-order valence-electron chi connectivity index (χ1n) is 33.5. The molecule has 0 spiro atoms. The Morgan fingerprint density at radius 1 is 0.343 bits per heavy atom. The lowest BCUT2D eigenvalue weighted by atomic mass is 9.91. The number of amides is 4. The second kappa shape index (κ2) is 38.1. The summed E-state index contributed by atoms with van der Waals surface area (Å²) in [5.41, 5.74) is 44.4. The number of nitrogens with one attached hydrogen (secondary N) is 1. The maximum atomic E-state index is 13.5. The lowest BCUT2D eigenvalue weighted by molar-refractivity contribution is -0.118.